The number of carbonyl (C=O) groups excluding carboxylic acids is 1. The predicted octanol–water partition coefficient (Wildman–Crippen LogP) is 4.30. The van der Waals surface area contributed by atoms with Gasteiger partial charge in [-0.25, -0.2) is 19.4 Å². The highest BCUT2D eigenvalue weighted by Crippen LogP contribution is 2.32. The highest BCUT2D eigenvalue weighted by Gasteiger charge is 2.18. The van der Waals surface area contributed by atoms with Crippen molar-refractivity contribution >= 4 is 34.3 Å². The van der Waals surface area contributed by atoms with Gasteiger partial charge in [0, 0.05) is 23.0 Å². The van der Waals surface area contributed by atoms with Crippen LogP contribution in [0.15, 0.2) is 60.9 Å². The Morgan fingerprint density at radius 1 is 0.966 bits per heavy atom. The minimum Gasteiger partial charge on any atom is -0.383 e. The van der Waals surface area contributed by atoms with Gasteiger partial charge in [-0.3, -0.25) is 0 Å². The average Bonchev–Trinajstić information content (AvgIpc) is 3.11. The van der Waals surface area contributed by atoms with Crippen molar-refractivity contribution < 1.29 is 4.79 Å². The van der Waals surface area contributed by atoms with E-state index in [1.165, 1.54) is 6.33 Å². The first-order chi connectivity index (χ1) is 14.0. The maximum Gasteiger partial charge on any atom is 0.323 e. The molecule has 0 saturated heterocycles. The maximum atomic E-state index is 12.2. The molecule has 2 heterocycles. The summed E-state index contributed by atoms with van der Waals surface area (Å²) in [6.07, 6.45) is 1.44. The number of nitrogen functional groups attached to an aromatic ring is 1. The predicted molar refractivity (Wildman–Crippen MR) is 115 cm³/mol. The molecule has 29 heavy (non-hydrogen) atoms. The third-order valence-corrected chi connectivity index (χ3v) is 4.46. The number of nitrogens with one attached hydrogen (secondary N) is 2. The fourth-order valence-electron chi connectivity index (χ4n) is 3.08. The van der Waals surface area contributed by atoms with Crippen molar-refractivity contribution in [1.82, 2.24) is 19.7 Å². The van der Waals surface area contributed by atoms with Crippen molar-refractivity contribution in [1.29, 1.82) is 0 Å². The zero-order valence-electron chi connectivity index (χ0n) is 16.1. The third kappa shape index (κ3) is 3.73. The highest BCUT2D eigenvalue weighted by atomic mass is 16.2. The van der Waals surface area contributed by atoms with Gasteiger partial charge in [-0.1, -0.05) is 30.3 Å². The van der Waals surface area contributed by atoms with E-state index in [4.69, 9.17) is 10.8 Å². The number of urea groups is 1. The summed E-state index contributed by atoms with van der Waals surface area (Å²) < 4.78 is 1.84. The van der Waals surface area contributed by atoms with Crippen molar-refractivity contribution in [2.24, 2.45) is 0 Å². The number of hydrogen-bond donors (Lipinski definition) is 3. The number of fused-ring (bicyclic) bond motifs is 1. The number of nitrogens with two attached hydrogens (primary N) is 1. The molecular weight excluding hydrogens is 366 g/mol. The molecule has 0 unspecified atom stereocenters. The SMILES string of the molecule is CC(C)n1nc(-c2ccc(NC(=O)Nc3ccccc3)cc2)c2c(N)ncnc21. The smallest absolute Gasteiger partial charge is 0.323 e. The van der Waals surface area contributed by atoms with E-state index < -0.39 is 0 Å². The van der Waals surface area contributed by atoms with Gasteiger partial charge in [0.2, 0.25) is 0 Å². The Labute approximate surface area is 167 Å². The van der Waals surface area contributed by atoms with Gasteiger partial charge in [-0.2, -0.15) is 5.10 Å². The second kappa shape index (κ2) is 7.59. The normalized spacial score (nSPS) is 11.0. The van der Waals surface area contributed by atoms with E-state index >= 15 is 0 Å². The minimum absolute atomic E-state index is 0.128. The summed E-state index contributed by atoms with van der Waals surface area (Å²) in [5.74, 6) is 0.390. The van der Waals surface area contributed by atoms with Crippen LogP contribution >= 0.6 is 0 Å². The molecular formula is C21H21N7O. The van der Waals surface area contributed by atoms with Crippen LogP contribution in [0, 0.1) is 0 Å². The molecule has 146 valence electrons. The number of aromatic nitrogens is 4. The van der Waals surface area contributed by atoms with E-state index in [1.807, 2.05) is 73.1 Å². The molecule has 0 bridgehead atoms. The van der Waals surface area contributed by atoms with Crippen molar-refractivity contribution in [2.75, 3.05) is 16.4 Å². The molecule has 0 aliphatic heterocycles. The Hall–Kier alpha value is -3.94. The van der Waals surface area contributed by atoms with Crippen LogP contribution < -0.4 is 16.4 Å². The summed E-state index contributed by atoms with van der Waals surface area (Å²) in [6.45, 7) is 4.07. The molecule has 0 aliphatic carbocycles. The lowest BCUT2D eigenvalue weighted by molar-refractivity contribution is 0.262. The summed E-state index contributed by atoms with van der Waals surface area (Å²) in [5.41, 5.74) is 9.78. The first-order valence-corrected chi connectivity index (χ1v) is 9.25. The van der Waals surface area contributed by atoms with Crippen LogP contribution in [0.25, 0.3) is 22.3 Å². The fraction of sp³-hybridized carbons (Fsp3) is 0.143. The van der Waals surface area contributed by atoms with E-state index in [9.17, 15) is 4.79 Å². The number of nitrogens with zero attached hydrogens (tertiary/aromatic N) is 4. The molecule has 0 aliphatic rings. The third-order valence-electron chi connectivity index (χ3n) is 4.46. The molecule has 0 spiro atoms. The Morgan fingerprint density at radius 2 is 1.62 bits per heavy atom. The first-order valence-electron chi connectivity index (χ1n) is 9.25. The van der Waals surface area contributed by atoms with E-state index in [-0.39, 0.29) is 12.1 Å². The monoisotopic (exact) mass is 387 g/mol. The van der Waals surface area contributed by atoms with Crippen molar-refractivity contribution in [3.8, 4) is 11.3 Å². The molecule has 0 saturated carbocycles. The lowest BCUT2D eigenvalue weighted by atomic mass is 10.1. The molecule has 0 radical (unpaired) electrons. The summed E-state index contributed by atoms with van der Waals surface area (Å²) in [6, 6.07) is 16.5. The summed E-state index contributed by atoms with van der Waals surface area (Å²) in [7, 11) is 0. The molecule has 0 atom stereocenters. The lowest BCUT2D eigenvalue weighted by Gasteiger charge is -2.08. The number of para-hydroxylation sites is 1. The van der Waals surface area contributed by atoms with Crippen LogP contribution in [0.2, 0.25) is 0 Å². The number of rotatable bonds is 4. The second-order valence-corrected chi connectivity index (χ2v) is 6.87. The van der Waals surface area contributed by atoms with Crippen LogP contribution in [0.3, 0.4) is 0 Å². The summed E-state index contributed by atoms with van der Waals surface area (Å²) in [5, 5.41) is 11.0. The van der Waals surface area contributed by atoms with E-state index in [1.54, 1.807) is 0 Å². The van der Waals surface area contributed by atoms with Crippen molar-refractivity contribution in [3.05, 3.63) is 60.9 Å². The zero-order chi connectivity index (χ0) is 20.4. The molecule has 2 amide bonds. The quantitative estimate of drug-likeness (QED) is 0.483. The Kier molecular flexibility index (Phi) is 4.82. The number of benzene rings is 2. The van der Waals surface area contributed by atoms with Gasteiger partial charge >= 0.3 is 6.03 Å². The molecule has 2 aromatic heterocycles. The molecule has 0 fully saturated rings. The lowest BCUT2D eigenvalue weighted by Crippen LogP contribution is -2.19. The standard InChI is InChI=1S/C21H21N7O/c1-13(2)28-20-17(19(22)23-12-24-20)18(27-28)14-8-10-16(11-9-14)26-21(29)25-15-6-4-3-5-7-15/h3-13H,1-2H3,(H2,22,23,24)(H2,25,26,29). The van der Waals surface area contributed by atoms with Crippen molar-refractivity contribution in [3.63, 3.8) is 0 Å². The number of amides is 2. The van der Waals surface area contributed by atoms with Gasteiger partial charge in [0.1, 0.15) is 17.8 Å². The van der Waals surface area contributed by atoms with Gasteiger partial charge in [0.15, 0.2) is 5.65 Å². The molecule has 4 rings (SSSR count). The van der Waals surface area contributed by atoms with E-state index in [0.717, 1.165) is 16.6 Å². The summed E-state index contributed by atoms with van der Waals surface area (Å²) in [4.78, 5) is 20.6. The molecule has 4 aromatic rings. The Bertz CT molecular complexity index is 1150. The fourth-order valence-corrected chi connectivity index (χ4v) is 3.08. The van der Waals surface area contributed by atoms with Crippen LogP contribution in [0.4, 0.5) is 22.0 Å². The zero-order valence-corrected chi connectivity index (χ0v) is 16.1. The van der Waals surface area contributed by atoms with E-state index in [2.05, 4.69) is 20.6 Å². The van der Waals surface area contributed by atoms with Gasteiger partial charge in [-0.05, 0) is 38.1 Å². The van der Waals surface area contributed by atoms with Gasteiger partial charge in [-0.15, -0.1) is 0 Å². The van der Waals surface area contributed by atoms with Gasteiger partial charge in [0.05, 0.1) is 5.39 Å². The molecule has 4 N–H and O–H groups in total. The Morgan fingerprint density at radius 3 is 2.28 bits per heavy atom. The second-order valence-electron chi connectivity index (χ2n) is 6.87. The first kappa shape index (κ1) is 18.4. The maximum absolute atomic E-state index is 12.2. The topological polar surface area (TPSA) is 111 Å². The van der Waals surface area contributed by atoms with E-state index in [0.29, 0.717) is 22.8 Å². The molecule has 2 aromatic carbocycles. The molecule has 8 heteroatoms. The summed E-state index contributed by atoms with van der Waals surface area (Å²) >= 11 is 0. The van der Waals surface area contributed by atoms with Crippen LogP contribution in [-0.4, -0.2) is 25.8 Å². The number of carbonyl (C=O) groups is 1. The Balaban J connectivity index is 1.59. The minimum atomic E-state index is -0.309. The average molecular weight is 387 g/mol. The number of anilines is 3. The van der Waals surface area contributed by atoms with Crippen LogP contribution in [-0.2, 0) is 0 Å². The highest BCUT2D eigenvalue weighted by molar-refractivity contribution is 6.01. The van der Waals surface area contributed by atoms with Crippen molar-refractivity contribution in [2.45, 2.75) is 19.9 Å². The van der Waals surface area contributed by atoms with Crippen LogP contribution in [0.1, 0.15) is 19.9 Å². The number of hydrogen-bond acceptors (Lipinski definition) is 5. The molecule has 8 nitrogen and oxygen atoms in total. The largest absolute Gasteiger partial charge is 0.383 e. The van der Waals surface area contributed by atoms with Gasteiger partial charge in [0.25, 0.3) is 0 Å². The van der Waals surface area contributed by atoms with Gasteiger partial charge < -0.3 is 16.4 Å². The van der Waals surface area contributed by atoms with Crippen LogP contribution in [0.5, 0.6) is 0 Å².